The van der Waals surface area contributed by atoms with Crippen molar-refractivity contribution < 1.29 is 14.3 Å². The molecule has 1 heterocycles. The number of hydrogen-bond acceptors (Lipinski definition) is 5. The van der Waals surface area contributed by atoms with Crippen molar-refractivity contribution in [3.8, 4) is 0 Å². The molecule has 0 spiro atoms. The van der Waals surface area contributed by atoms with Gasteiger partial charge in [0.05, 0.1) is 7.11 Å². The second kappa shape index (κ2) is 8.80. The quantitative estimate of drug-likeness (QED) is 0.782. The highest BCUT2D eigenvalue weighted by molar-refractivity contribution is 7.99. The zero-order chi connectivity index (χ0) is 15.8. The third kappa shape index (κ3) is 5.69. The molecule has 1 aromatic carbocycles. The van der Waals surface area contributed by atoms with Crippen molar-refractivity contribution in [1.82, 2.24) is 5.32 Å². The highest BCUT2D eigenvalue weighted by Crippen LogP contribution is 2.14. The fraction of sp³-hybridized carbons (Fsp3) is 0.500. The van der Waals surface area contributed by atoms with Crippen LogP contribution in [-0.2, 0) is 20.7 Å². The number of carbonyl (C=O) groups is 2. The lowest BCUT2D eigenvalue weighted by atomic mass is 10.1. The Labute approximate surface area is 135 Å². The number of benzene rings is 1. The molecule has 1 atom stereocenters. The lowest BCUT2D eigenvalue weighted by Crippen LogP contribution is -2.39. The van der Waals surface area contributed by atoms with E-state index in [0.717, 1.165) is 29.3 Å². The van der Waals surface area contributed by atoms with Gasteiger partial charge in [0.1, 0.15) is 0 Å². The van der Waals surface area contributed by atoms with Crippen LogP contribution in [-0.4, -0.2) is 43.1 Å². The number of thioether (sulfide) groups is 1. The largest absolute Gasteiger partial charge is 0.469 e. The molecule has 0 saturated carbocycles. The summed E-state index contributed by atoms with van der Waals surface area (Å²) in [6.45, 7) is 0.970. The molecule has 2 N–H and O–H groups in total. The van der Waals surface area contributed by atoms with Gasteiger partial charge >= 0.3 is 5.97 Å². The van der Waals surface area contributed by atoms with Crippen molar-refractivity contribution in [1.29, 1.82) is 0 Å². The van der Waals surface area contributed by atoms with Gasteiger partial charge in [-0.3, -0.25) is 9.59 Å². The average molecular weight is 322 g/mol. The molecule has 2 rings (SSSR count). The van der Waals surface area contributed by atoms with E-state index >= 15 is 0 Å². The minimum Gasteiger partial charge on any atom is -0.469 e. The minimum absolute atomic E-state index is 0.0299. The second-order valence-corrected chi connectivity index (χ2v) is 6.40. The maximum Gasteiger partial charge on any atom is 0.305 e. The second-order valence-electron chi connectivity index (χ2n) is 5.25. The van der Waals surface area contributed by atoms with Gasteiger partial charge in [-0.25, -0.2) is 0 Å². The summed E-state index contributed by atoms with van der Waals surface area (Å²) < 4.78 is 4.62. The molecule has 1 fully saturated rings. The summed E-state index contributed by atoms with van der Waals surface area (Å²) >= 11 is 1.88. The van der Waals surface area contributed by atoms with E-state index in [1.165, 1.54) is 7.11 Å². The predicted molar refractivity (Wildman–Crippen MR) is 89.1 cm³/mol. The first-order valence-corrected chi connectivity index (χ1v) is 8.59. The van der Waals surface area contributed by atoms with E-state index in [4.69, 9.17) is 0 Å². The predicted octanol–water partition coefficient (Wildman–Crippen LogP) is 1.83. The molecule has 1 aliphatic heterocycles. The SMILES string of the molecule is COC(=O)CCc1ccc(NC(=O)CC2CSCCN2)cc1. The number of nitrogens with one attached hydrogen (secondary N) is 2. The van der Waals surface area contributed by atoms with Crippen LogP contribution in [0.25, 0.3) is 0 Å². The first-order chi connectivity index (χ1) is 10.7. The Morgan fingerprint density at radius 2 is 2.14 bits per heavy atom. The molecule has 0 aromatic heterocycles. The summed E-state index contributed by atoms with van der Waals surface area (Å²) in [6.07, 6.45) is 1.51. The van der Waals surface area contributed by atoms with Gasteiger partial charge in [0.25, 0.3) is 0 Å². The zero-order valence-corrected chi connectivity index (χ0v) is 13.6. The summed E-state index contributed by atoms with van der Waals surface area (Å²) in [5.74, 6) is 1.92. The molecular formula is C16H22N2O3S. The lowest BCUT2D eigenvalue weighted by Gasteiger charge is -2.22. The maximum atomic E-state index is 12.0. The number of hydrogen-bond donors (Lipinski definition) is 2. The van der Waals surface area contributed by atoms with Crippen LogP contribution in [0.15, 0.2) is 24.3 Å². The molecule has 22 heavy (non-hydrogen) atoms. The van der Waals surface area contributed by atoms with Crippen molar-refractivity contribution in [2.75, 3.05) is 30.5 Å². The smallest absolute Gasteiger partial charge is 0.305 e. The van der Waals surface area contributed by atoms with E-state index in [0.29, 0.717) is 19.3 Å². The van der Waals surface area contributed by atoms with Gasteiger partial charge in [0.15, 0.2) is 0 Å². The average Bonchev–Trinajstić information content (AvgIpc) is 2.54. The summed E-state index contributed by atoms with van der Waals surface area (Å²) in [4.78, 5) is 23.1. The molecule has 1 aromatic rings. The highest BCUT2D eigenvalue weighted by Gasteiger charge is 2.16. The van der Waals surface area contributed by atoms with Gasteiger partial charge in [0, 0.05) is 42.6 Å². The molecule has 120 valence electrons. The monoisotopic (exact) mass is 322 g/mol. The normalized spacial score (nSPS) is 17.8. The zero-order valence-electron chi connectivity index (χ0n) is 12.8. The molecule has 1 amide bonds. The number of methoxy groups -OCH3 is 1. The Morgan fingerprint density at radius 1 is 1.36 bits per heavy atom. The van der Waals surface area contributed by atoms with Crippen molar-refractivity contribution in [2.24, 2.45) is 0 Å². The van der Waals surface area contributed by atoms with Crippen molar-refractivity contribution in [3.63, 3.8) is 0 Å². The van der Waals surface area contributed by atoms with Crippen LogP contribution in [0, 0.1) is 0 Å². The summed E-state index contributed by atoms with van der Waals surface area (Å²) in [7, 11) is 1.39. The molecule has 5 nitrogen and oxygen atoms in total. The van der Waals surface area contributed by atoms with Crippen molar-refractivity contribution >= 4 is 29.3 Å². The Bertz CT molecular complexity index is 499. The van der Waals surface area contributed by atoms with E-state index in [2.05, 4.69) is 15.4 Å². The molecule has 6 heteroatoms. The van der Waals surface area contributed by atoms with Crippen molar-refractivity contribution in [2.45, 2.75) is 25.3 Å². The van der Waals surface area contributed by atoms with Crippen LogP contribution >= 0.6 is 11.8 Å². The van der Waals surface area contributed by atoms with Gasteiger partial charge in [-0.1, -0.05) is 12.1 Å². The summed E-state index contributed by atoms with van der Waals surface area (Å²) in [5.41, 5.74) is 1.84. The van der Waals surface area contributed by atoms with Crippen LogP contribution < -0.4 is 10.6 Å². The fourth-order valence-electron chi connectivity index (χ4n) is 2.29. The van der Waals surface area contributed by atoms with E-state index in [-0.39, 0.29) is 17.9 Å². The topological polar surface area (TPSA) is 67.4 Å². The van der Waals surface area contributed by atoms with E-state index in [1.807, 2.05) is 36.0 Å². The number of amides is 1. The van der Waals surface area contributed by atoms with Gasteiger partial charge in [-0.2, -0.15) is 11.8 Å². The van der Waals surface area contributed by atoms with Crippen LogP contribution in [0.4, 0.5) is 5.69 Å². The van der Waals surface area contributed by atoms with E-state index in [1.54, 1.807) is 0 Å². The number of anilines is 1. The molecule has 1 unspecified atom stereocenters. The number of ether oxygens (including phenoxy) is 1. The Balaban J connectivity index is 1.77. The molecule has 0 radical (unpaired) electrons. The van der Waals surface area contributed by atoms with E-state index < -0.39 is 0 Å². The Morgan fingerprint density at radius 3 is 2.77 bits per heavy atom. The van der Waals surface area contributed by atoms with Crippen molar-refractivity contribution in [3.05, 3.63) is 29.8 Å². The number of aryl methyl sites for hydroxylation is 1. The standard InChI is InChI=1S/C16H22N2O3S/c1-21-16(20)7-4-12-2-5-13(6-3-12)18-15(19)10-14-11-22-9-8-17-14/h2-3,5-6,14,17H,4,7-11H2,1H3,(H,18,19). The minimum atomic E-state index is -0.213. The lowest BCUT2D eigenvalue weighted by molar-refractivity contribution is -0.140. The Hall–Kier alpha value is -1.53. The molecule has 0 aliphatic carbocycles. The number of rotatable bonds is 6. The maximum absolute atomic E-state index is 12.0. The highest BCUT2D eigenvalue weighted by atomic mass is 32.2. The first-order valence-electron chi connectivity index (χ1n) is 7.44. The molecule has 0 bridgehead atoms. The molecule has 1 saturated heterocycles. The van der Waals surface area contributed by atoms with Gasteiger partial charge in [0.2, 0.25) is 5.91 Å². The summed E-state index contributed by atoms with van der Waals surface area (Å²) in [5, 5.41) is 6.26. The van der Waals surface area contributed by atoms with E-state index in [9.17, 15) is 9.59 Å². The van der Waals surface area contributed by atoms with Crippen LogP contribution in [0.5, 0.6) is 0 Å². The van der Waals surface area contributed by atoms with Crippen LogP contribution in [0.1, 0.15) is 18.4 Å². The molecule has 1 aliphatic rings. The first kappa shape index (κ1) is 16.8. The number of carbonyl (C=O) groups excluding carboxylic acids is 2. The fourth-order valence-corrected chi connectivity index (χ4v) is 3.24. The third-order valence-electron chi connectivity index (χ3n) is 3.51. The van der Waals surface area contributed by atoms with Gasteiger partial charge < -0.3 is 15.4 Å². The Kier molecular flexibility index (Phi) is 6.74. The third-order valence-corrected chi connectivity index (χ3v) is 4.64. The summed E-state index contributed by atoms with van der Waals surface area (Å²) in [6, 6.07) is 7.85. The molecular weight excluding hydrogens is 300 g/mol. The van der Waals surface area contributed by atoms with Crippen LogP contribution in [0.2, 0.25) is 0 Å². The van der Waals surface area contributed by atoms with Crippen LogP contribution in [0.3, 0.4) is 0 Å². The van der Waals surface area contributed by atoms with Gasteiger partial charge in [-0.05, 0) is 24.1 Å². The number of esters is 1. The van der Waals surface area contributed by atoms with Gasteiger partial charge in [-0.15, -0.1) is 0 Å².